The molecule has 0 aliphatic heterocycles. The van der Waals surface area contributed by atoms with E-state index in [-0.39, 0.29) is 0 Å². The van der Waals surface area contributed by atoms with E-state index in [1.807, 2.05) is 36.4 Å². The van der Waals surface area contributed by atoms with Crippen LogP contribution in [0.15, 0.2) is 45.9 Å². The summed E-state index contributed by atoms with van der Waals surface area (Å²) in [6.45, 7) is 0. The molecule has 2 N–H and O–H groups in total. The van der Waals surface area contributed by atoms with Gasteiger partial charge in [-0.15, -0.1) is 11.8 Å². The second-order valence-electron chi connectivity index (χ2n) is 4.03. The molecule has 3 rings (SSSR count). The lowest BCUT2D eigenvalue weighted by Gasteiger charge is -2.03. The van der Waals surface area contributed by atoms with Crippen molar-refractivity contribution < 1.29 is 4.63 Å². The molecule has 3 aromatic rings. The molecule has 96 valence electrons. The number of nitrogen functional groups attached to an aromatic ring is 1. The van der Waals surface area contributed by atoms with Crippen LogP contribution in [0.5, 0.6) is 0 Å². The number of fused-ring (bicyclic) bond motifs is 1. The van der Waals surface area contributed by atoms with Crippen LogP contribution < -0.4 is 5.73 Å². The Morgan fingerprint density at radius 1 is 1.05 bits per heavy atom. The van der Waals surface area contributed by atoms with E-state index >= 15 is 0 Å². The normalized spacial score (nSPS) is 11.0. The molecule has 0 radical (unpaired) electrons. The second-order valence-corrected chi connectivity index (χ2v) is 5.48. The third kappa shape index (κ3) is 2.52. The fraction of sp³-hybridized carbons (Fsp3) is 0.0769. The molecule has 6 heteroatoms. The van der Waals surface area contributed by atoms with E-state index in [4.69, 9.17) is 22.0 Å². The van der Waals surface area contributed by atoms with E-state index in [1.54, 1.807) is 11.8 Å². The molecule has 19 heavy (non-hydrogen) atoms. The second kappa shape index (κ2) is 5.11. The minimum Gasteiger partial charge on any atom is -0.397 e. The average molecular weight is 292 g/mol. The Balaban J connectivity index is 1.84. The van der Waals surface area contributed by atoms with Gasteiger partial charge in [-0.1, -0.05) is 23.7 Å². The van der Waals surface area contributed by atoms with Crippen molar-refractivity contribution in [2.75, 3.05) is 5.73 Å². The van der Waals surface area contributed by atoms with Crippen LogP contribution in [0.25, 0.3) is 11.0 Å². The zero-order valence-electron chi connectivity index (χ0n) is 9.84. The average Bonchev–Trinajstić information content (AvgIpc) is 2.90. The Morgan fingerprint density at radius 3 is 2.58 bits per heavy atom. The van der Waals surface area contributed by atoms with Crippen molar-refractivity contribution in [1.29, 1.82) is 0 Å². The number of nitrogens with zero attached hydrogens (tertiary/aromatic N) is 2. The van der Waals surface area contributed by atoms with Gasteiger partial charge < -0.3 is 5.73 Å². The molecule has 0 spiro atoms. The Kier molecular flexibility index (Phi) is 3.31. The SMILES string of the molecule is Nc1ccc(SCc2ccc(Cl)cc2)c2nonc12. The summed E-state index contributed by atoms with van der Waals surface area (Å²) in [5.74, 6) is 0.822. The van der Waals surface area contributed by atoms with Gasteiger partial charge in [0.2, 0.25) is 0 Å². The van der Waals surface area contributed by atoms with E-state index in [9.17, 15) is 0 Å². The molecular weight excluding hydrogens is 282 g/mol. The number of rotatable bonds is 3. The fourth-order valence-electron chi connectivity index (χ4n) is 1.72. The standard InChI is InChI=1S/C13H10ClN3OS/c14-9-3-1-8(2-4-9)7-19-11-6-5-10(15)12-13(11)17-18-16-12/h1-6H,7,15H2. The van der Waals surface area contributed by atoms with Crippen LogP contribution in [0, 0.1) is 0 Å². The topological polar surface area (TPSA) is 64.9 Å². The Labute approximate surface area is 118 Å². The molecule has 0 saturated carbocycles. The van der Waals surface area contributed by atoms with E-state index < -0.39 is 0 Å². The lowest BCUT2D eigenvalue weighted by Crippen LogP contribution is -1.88. The van der Waals surface area contributed by atoms with Crippen molar-refractivity contribution in [3.05, 3.63) is 47.0 Å². The summed E-state index contributed by atoms with van der Waals surface area (Å²) in [6.07, 6.45) is 0. The van der Waals surface area contributed by atoms with E-state index in [1.165, 1.54) is 5.56 Å². The van der Waals surface area contributed by atoms with E-state index in [0.717, 1.165) is 15.7 Å². The Morgan fingerprint density at radius 2 is 1.79 bits per heavy atom. The van der Waals surface area contributed by atoms with Crippen LogP contribution in [0.1, 0.15) is 5.56 Å². The van der Waals surface area contributed by atoms with Crippen molar-refractivity contribution in [3.63, 3.8) is 0 Å². The highest BCUT2D eigenvalue weighted by Crippen LogP contribution is 2.31. The van der Waals surface area contributed by atoms with Crippen molar-refractivity contribution >= 4 is 40.1 Å². The van der Waals surface area contributed by atoms with Crippen molar-refractivity contribution in [1.82, 2.24) is 10.3 Å². The lowest BCUT2D eigenvalue weighted by atomic mass is 10.2. The number of thioether (sulfide) groups is 1. The Bertz CT molecular complexity index is 711. The van der Waals surface area contributed by atoms with E-state index in [2.05, 4.69) is 10.3 Å². The van der Waals surface area contributed by atoms with Crippen LogP contribution in [-0.4, -0.2) is 10.3 Å². The third-order valence-electron chi connectivity index (χ3n) is 2.72. The summed E-state index contributed by atoms with van der Waals surface area (Å²) in [5.41, 5.74) is 8.89. The predicted octanol–water partition coefficient (Wildman–Crippen LogP) is 3.75. The van der Waals surface area contributed by atoms with Crippen LogP contribution >= 0.6 is 23.4 Å². The van der Waals surface area contributed by atoms with E-state index in [0.29, 0.717) is 16.7 Å². The fourth-order valence-corrected chi connectivity index (χ4v) is 2.80. The van der Waals surface area contributed by atoms with Gasteiger partial charge in [0.1, 0.15) is 0 Å². The predicted molar refractivity (Wildman–Crippen MR) is 77.2 cm³/mol. The molecule has 0 fully saturated rings. The number of aromatic nitrogens is 2. The van der Waals surface area contributed by atoms with Crippen LogP contribution in [-0.2, 0) is 5.75 Å². The first kappa shape index (κ1) is 12.3. The first-order valence-electron chi connectivity index (χ1n) is 5.62. The maximum absolute atomic E-state index is 5.86. The first-order valence-corrected chi connectivity index (χ1v) is 6.98. The van der Waals surface area contributed by atoms with Gasteiger partial charge in [0, 0.05) is 15.7 Å². The van der Waals surface area contributed by atoms with Crippen molar-refractivity contribution in [2.45, 2.75) is 10.6 Å². The molecule has 0 aliphatic rings. The van der Waals surface area contributed by atoms with Gasteiger partial charge in [0.15, 0.2) is 11.0 Å². The summed E-state index contributed by atoms with van der Waals surface area (Å²) >= 11 is 7.52. The molecule has 1 heterocycles. The van der Waals surface area contributed by atoms with Crippen LogP contribution in [0.4, 0.5) is 5.69 Å². The zero-order valence-corrected chi connectivity index (χ0v) is 11.4. The highest BCUT2D eigenvalue weighted by molar-refractivity contribution is 7.98. The quantitative estimate of drug-likeness (QED) is 0.588. The summed E-state index contributed by atoms with van der Waals surface area (Å²) in [4.78, 5) is 1.00. The largest absolute Gasteiger partial charge is 0.397 e. The van der Waals surface area contributed by atoms with Crippen molar-refractivity contribution in [3.8, 4) is 0 Å². The Hall–Kier alpha value is -1.72. The number of halogens is 1. The number of benzene rings is 2. The maximum atomic E-state index is 5.86. The van der Waals surface area contributed by atoms with Gasteiger partial charge >= 0.3 is 0 Å². The molecular formula is C13H10ClN3OS. The highest BCUT2D eigenvalue weighted by Gasteiger charge is 2.10. The summed E-state index contributed by atoms with van der Waals surface area (Å²) < 4.78 is 4.74. The number of nitrogens with two attached hydrogens (primary N) is 1. The molecule has 4 nitrogen and oxygen atoms in total. The number of hydrogen-bond acceptors (Lipinski definition) is 5. The number of hydrogen-bond donors (Lipinski definition) is 1. The number of anilines is 1. The molecule has 0 saturated heterocycles. The van der Waals surface area contributed by atoms with Gasteiger partial charge in [-0.3, -0.25) is 0 Å². The maximum Gasteiger partial charge on any atom is 0.159 e. The molecule has 0 bridgehead atoms. The molecule has 1 aromatic heterocycles. The van der Waals surface area contributed by atoms with Gasteiger partial charge in [0.25, 0.3) is 0 Å². The first-order chi connectivity index (χ1) is 9.24. The summed E-state index contributed by atoms with van der Waals surface area (Å²) in [6, 6.07) is 11.5. The molecule has 0 amide bonds. The van der Waals surface area contributed by atoms with Gasteiger partial charge in [-0.25, -0.2) is 4.63 Å². The summed E-state index contributed by atoms with van der Waals surface area (Å²) in [5, 5.41) is 8.44. The minimum atomic E-state index is 0.576. The zero-order chi connectivity index (χ0) is 13.2. The molecule has 0 aliphatic carbocycles. The smallest absolute Gasteiger partial charge is 0.159 e. The molecule has 2 aromatic carbocycles. The summed E-state index contributed by atoms with van der Waals surface area (Å²) in [7, 11) is 0. The van der Waals surface area contributed by atoms with Gasteiger partial charge in [-0.2, -0.15) is 0 Å². The monoisotopic (exact) mass is 291 g/mol. The highest BCUT2D eigenvalue weighted by atomic mass is 35.5. The van der Waals surface area contributed by atoms with Crippen LogP contribution in [0.2, 0.25) is 5.02 Å². The molecule has 0 atom stereocenters. The lowest BCUT2D eigenvalue weighted by molar-refractivity contribution is 0.315. The minimum absolute atomic E-state index is 0.576. The molecule has 0 unspecified atom stereocenters. The van der Waals surface area contributed by atoms with Crippen LogP contribution in [0.3, 0.4) is 0 Å². The van der Waals surface area contributed by atoms with Gasteiger partial charge in [-0.05, 0) is 40.1 Å². The van der Waals surface area contributed by atoms with Crippen molar-refractivity contribution in [2.24, 2.45) is 0 Å². The van der Waals surface area contributed by atoms with Gasteiger partial charge in [0.05, 0.1) is 5.69 Å². The third-order valence-corrected chi connectivity index (χ3v) is 4.09.